The Kier molecular flexibility index (Phi) is 5.37. The summed E-state index contributed by atoms with van der Waals surface area (Å²) in [5, 5.41) is 3.22. The molecule has 20 heavy (non-hydrogen) atoms. The number of nitrogens with one attached hydrogen (secondary N) is 1. The van der Waals surface area contributed by atoms with E-state index in [1.54, 1.807) is 24.1 Å². The first kappa shape index (κ1) is 15.3. The van der Waals surface area contributed by atoms with Crippen molar-refractivity contribution in [1.29, 1.82) is 0 Å². The first-order valence-electron chi connectivity index (χ1n) is 6.62. The zero-order chi connectivity index (χ0) is 14.5. The van der Waals surface area contributed by atoms with Crippen molar-refractivity contribution in [1.82, 2.24) is 10.2 Å². The number of likely N-dealkylation sites (N-methyl/N-ethyl adjacent to an activating group) is 1. The van der Waals surface area contributed by atoms with Crippen LogP contribution in [0, 0.1) is 5.82 Å². The molecule has 1 atom stereocenters. The smallest absolute Gasteiger partial charge is 0.226 e. The van der Waals surface area contributed by atoms with E-state index in [2.05, 4.69) is 21.2 Å². The van der Waals surface area contributed by atoms with Crippen LogP contribution in [-0.4, -0.2) is 43.6 Å². The van der Waals surface area contributed by atoms with Crippen LogP contribution in [0.2, 0.25) is 0 Å². The molecular formula is C14H18BrFN2O2. The Labute approximate surface area is 126 Å². The zero-order valence-corrected chi connectivity index (χ0v) is 13.0. The summed E-state index contributed by atoms with van der Waals surface area (Å²) >= 11 is 3.18. The van der Waals surface area contributed by atoms with Crippen molar-refractivity contribution in [2.45, 2.75) is 18.9 Å². The number of benzene rings is 1. The van der Waals surface area contributed by atoms with E-state index in [1.165, 1.54) is 6.07 Å². The molecule has 1 amide bonds. The van der Waals surface area contributed by atoms with Gasteiger partial charge in [0.25, 0.3) is 0 Å². The third-order valence-corrected chi connectivity index (χ3v) is 3.94. The van der Waals surface area contributed by atoms with E-state index < -0.39 is 5.82 Å². The Hall–Kier alpha value is -1.14. The number of halogens is 2. The van der Waals surface area contributed by atoms with Crippen molar-refractivity contribution in [2.75, 3.05) is 26.7 Å². The van der Waals surface area contributed by atoms with Gasteiger partial charge in [0.2, 0.25) is 5.91 Å². The van der Waals surface area contributed by atoms with Gasteiger partial charge in [-0.05, 0) is 31.2 Å². The zero-order valence-electron chi connectivity index (χ0n) is 11.4. The summed E-state index contributed by atoms with van der Waals surface area (Å²) < 4.78 is 19.5. The maximum absolute atomic E-state index is 13.5. The van der Waals surface area contributed by atoms with Crippen LogP contribution in [0.5, 0.6) is 5.75 Å². The van der Waals surface area contributed by atoms with Crippen molar-refractivity contribution < 1.29 is 13.9 Å². The van der Waals surface area contributed by atoms with Gasteiger partial charge in [0.1, 0.15) is 0 Å². The van der Waals surface area contributed by atoms with Gasteiger partial charge in [0.05, 0.1) is 13.0 Å². The van der Waals surface area contributed by atoms with Gasteiger partial charge in [0, 0.05) is 24.1 Å². The molecule has 2 rings (SSSR count). The molecule has 1 aromatic rings. The molecule has 1 aliphatic heterocycles. The average molecular weight is 345 g/mol. The third kappa shape index (κ3) is 3.93. The molecule has 1 N–H and O–H groups in total. The molecule has 0 spiro atoms. The summed E-state index contributed by atoms with van der Waals surface area (Å²) in [5.41, 5.74) is 0. The maximum Gasteiger partial charge on any atom is 0.226 e. The molecule has 6 heteroatoms. The summed E-state index contributed by atoms with van der Waals surface area (Å²) in [6.45, 7) is 1.97. The van der Waals surface area contributed by atoms with Crippen molar-refractivity contribution in [2.24, 2.45) is 0 Å². The van der Waals surface area contributed by atoms with E-state index >= 15 is 0 Å². The Morgan fingerprint density at radius 3 is 3.05 bits per heavy atom. The lowest BCUT2D eigenvalue weighted by Crippen LogP contribution is -2.38. The van der Waals surface area contributed by atoms with Crippen LogP contribution in [0.3, 0.4) is 0 Å². The van der Waals surface area contributed by atoms with Crippen LogP contribution in [0.15, 0.2) is 22.7 Å². The van der Waals surface area contributed by atoms with Crippen LogP contribution in [0.1, 0.15) is 12.8 Å². The molecule has 1 fully saturated rings. The Morgan fingerprint density at radius 2 is 2.40 bits per heavy atom. The van der Waals surface area contributed by atoms with Gasteiger partial charge in [0.15, 0.2) is 11.6 Å². The highest BCUT2D eigenvalue weighted by molar-refractivity contribution is 9.10. The van der Waals surface area contributed by atoms with Crippen molar-refractivity contribution in [3.05, 3.63) is 28.5 Å². The van der Waals surface area contributed by atoms with Crippen LogP contribution < -0.4 is 10.1 Å². The minimum Gasteiger partial charge on any atom is -0.490 e. The number of rotatable bonds is 5. The second kappa shape index (κ2) is 7.04. The van der Waals surface area contributed by atoms with Gasteiger partial charge in [-0.25, -0.2) is 4.39 Å². The molecule has 0 saturated carbocycles. The summed E-state index contributed by atoms with van der Waals surface area (Å²) in [5.74, 6) is -0.234. The van der Waals surface area contributed by atoms with Crippen LogP contribution in [-0.2, 0) is 4.79 Å². The number of nitrogens with zero attached hydrogens (tertiary/aromatic N) is 1. The van der Waals surface area contributed by atoms with E-state index in [1.807, 2.05) is 0 Å². The average Bonchev–Trinajstić information content (AvgIpc) is 2.94. The summed E-state index contributed by atoms with van der Waals surface area (Å²) in [4.78, 5) is 13.7. The molecule has 4 nitrogen and oxygen atoms in total. The van der Waals surface area contributed by atoms with E-state index in [9.17, 15) is 9.18 Å². The summed E-state index contributed by atoms with van der Waals surface area (Å²) in [6.07, 6.45) is 1.23. The van der Waals surface area contributed by atoms with E-state index in [4.69, 9.17) is 4.74 Å². The Bertz CT molecular complexity index is 478. The first-order valence-corrected chi connectivity index (χ1v) is 7.41. The predicted octanol–water partition coefficient (Wildman–Crippen LogP) is 2.18. The molecule has 1 saturated heterocycles. The van der Waals surface area contributed by atoms with Crippen molar-refractivity contribution >= 4 is 21.8 Å². The normalized spacial score (nSPS) is 18.1. The lowest BCUT2D eigenvalue weighted by molar-refractivity contribution is -0.132. The summed E-state index contributed by atoms with van der Waals surface area (Å²) in [6, 6.07) is 4.85. The molecule has 0 aliphatic carbocycles. The maximum atomic E-state index is 13.5. The van der Waals surface area contributed by atoms with E-state index in [-0.39, 0.29) is 30.7 Å². The SMILES string of the molecule is CN(C(=O)CCOc1ccc(Br)cc1F)C1CCNC1. The standard InChI is InChI=1S/C14H18BrFN2O2/c1-18(11-4-6-17-9-11)14(19)5-7-20-13-3-2-10(15)8-12(13)16/h2-3,8,11,17H,4-7,9H2,1H3. The van der Waals surface area contributed by atoms with Gasteiger partial charge in [-0.2, -0.15) is 0 Å². The molecule has 0 radical (unpaired) electrons. The van der Waals surface area contributed by atoms with Crippen LogP contribution >= 0.6 is 15.9 Å². The van der Waals surface area contributed by atoms with Crippen LogP contribution in [0.4, 0.5) is 4.39 Å². The van der Waals surface area contributed by atoms with Gasteiger partial charge in [-0.3, -0.25) is 4.79 Å². The fourth-order valence-electron chi connectivity index (χ4n) is 2.19. The monoisotopic (exact) mass is 344 g/mol. The quantitative estimate of drug-likeness (QED) is 0.890. The largest absolute Gasteiger partial charge is 0.490 e. The molecule has 1 aromatic carbocycles. The number of amides is 1. The van der Waals surface area contributed by atoms with E-state index in [0.29, 0.717) is 4.47 Å². The van der Waals surface area contributed by atoms with Crippen molar-refractivity contribution in [3.63, 3.8) is 0 Å². The molecule has 1 heterocycles. The van der Waals surface area contributed by atoms with Gasteiger partial charge >= 0.3 is 0 Å². The van der Waals surface area contributed by atoms with Crippen molar-refractivity contribution in [3.8, 4) is 5.75 Å². The fourth-order valence-corrected chi connectivity index (χ4v) is 2.52. The molecule has 1 aliphatic rings. The predicted molar refractivity (Wildman–Crippen MR) is 78.3 cm³/mol. The first-order chi connectivity index (χ1) is 9.58. The van der Waals surface area contributed by atoms with E-state index in [0.717, 1.165) is 19.5 Å². The molecular weight excluding hydrogens is 327 g/mol. The van der Waals surface area contributed by atoms with Crippen LogP contribution in [0.25, 0.3) is 0 Å². The number of ether oxygens (including phenoxy) is 1. The Balaban J connectivity index is 1.78. The van der Waals surface area contributed by atoms with Gasteiger partial charge < -0.3 is 15.0 Å². The topological polar surface area (TPSA) is 41.6 Å². The molecule has 110 valence electrons. The third-order valence-electron chi connectivity index (χ3n) is 3.44. The van der Waals surface area contributed by atoms with Gasteiger partial charge in [-0.1, -0.05) is 15.9 Å². The lowest BCUT2D eigenvalue weighted by atomic mass is 10.2. The summed E-state index contributed by atoms with van der Waals surface area (Å²) in [7, 11) is 1.81. The minimum atomic E-state index is -0.430. The molecule has 0 aromatic heterocycles. The Morgan fingerprint density at radius 1 is 1.60 bits per heavy atom. The highest BCUT2D eigenvalue weighted by Gasteiger charge is 2.22. The molecule has 0 bridgehead atoms. The highest BCUT2D eigenvalue weighted by atomic mass is 79.9. The second-order valence-corrected chi connectivity index (χ2v) is 5.74. The number of hydrogen-bond acceptors (Lipinski definition) is 3. The van der Waals surface area contributed by atoms with Gasteiger partial charge in [-0.15, -0.1) is 0 Å². The minimum absolute atomic E-state index is 0.0243. The number of carbonyl (C=O) groups is 1. The fraction of sp³-hybridized carbons (Fsp3) is 0.500. The number of hydrogen-bond donors (Lipinski definition) is 1. The second-order valence-electron chi connectivity index (χ2n) is 4.82. The highest BCUT2D eigenvalue weighted by Crippen LogP contribution is 2.21. The number of carbonyl (C=O) groups excluding carboxylic acids is 1. The molecule has 1 unspecified atom stereocenters. The lowest BCUT2D eigenvalue weighted by Gasteiger charge is -2.23.